The van der Waals surface area contributed by atoms with E-state index in [1.807, 2.05) is 29.2 Å². The lowest BCUT2D eigenvalue weighted by atomic mass is 10.2. The van der Waals surface area contributed by atoms with Gasteiger partial charge in [0.25, 0.3) is 6.01 Å². The first-order chi connectivity index (χ1) is 10.1. The smallest absolute Gasteiger partial charge is 0.357 e. The molecule has 0 spiro atoms. The summed E-state index contributed by atoms with van der Waals surface area (Å²) >= 11 is 6.00. The molecule has 0 unspecified atom stereocenters. The summed E-state index contributed by atoms with van der Waals surface area (Å²) in [7, 11) is 0. The number of nitrogens with zero attached hydrogens (tertiary/aromatic N) is 3. The van der Waals surface area contributed by atoms with Crippen LogP contribution < -0.4 is 9.80 Å². The zero-order valence-electron chi connectivity index (χ0n) is 11.2. The fourth-order valence-corrected chi connectivity index (χ4v) is 2.52. The Labute approximate surface area is 126 Å². The maximum absolute atomic E-state index is 10.8. The Morgan fingerprint density at radius 1 is 1.24 bits per heavy atom. The van der Waals surface area contributed by atoms with Crippen LogP contribution in [0, 0.1) is 0 Å². The highest BCUT2D eigenvalue weighted by Gasteiger charge is 2.22. The normalized spacial score (nSPS) is 15.3. The number of benzene rings is 1. The molecule has 3 rings (SSSR count). The van der Waals surface area contributed by atoms with Crippen LogP contribution in [0.15, 0.2) is 34.9 Å². The second-order valence-electron chi connectivity index (χ2n) is 4.77. The monoisotopic (exact) mass is 307 g/mol. The van der Waals surface area contributed by atoms with Crippen LogP contribution in [0.25, 0.3) is 0 Å². The molecule has 0 atom stereocenters. The molecule has 110 valence electrons. The second kappa shape index (κ2) is 5.65. The quantitative estimate of drug-likeness (QED) is 0.938. The summed E-state index contributed by atoms with van der Waals surface area (Å²) in [5, 5.41) is 9.57. The first kappa shape index (κ1) is 13.8. The van der Waals surface area contributed by atoms with Crippen molar-refractivity contribution >= 4 is 29.3 Å². The number of carboxylic acids is 1. The number of oxazole rings is 1. The van der Waals surface area contributed by atoms with Gasteiger partial charge in [-0.1, -0.05) is 17.7 Å². The van der Waals surface area contributed by atoms with E-state index in [0.29, 0.717) is 24.1 Å². The van der Waals surface area contributed by atoms with Crippen LogP contribution in [-0.4, -0.2) is 42.2 Å². The van der Waals surface area contributed by atoms with Gasteiger partial charge in [-0.25, -0.2) is 4.79 Å². The van der Waals surface area contributed by atoms with Crippen LogP contribution in [0.3, 0.4) is 0 Å². The van der Waals surface area contributed by atoms with Crippen molar-refractivity contribution in [1.82, 2.24) is 4.98 Å². The maximum atomic E-state index is 10.8. The molecule has 0 bridgehead atoms. The Morgan fingerprint density at radius 2 is 1.95 bits per heavy atom. The zero-order valence-corrected chi connectivity index (χ0v) is 12.0. The number of halogens is 1. The Hall–Kier alpha value is -2.21. The first-order valence-electron chi connectivity index (χ1n) is 6.58. The number of carboxylic acid groups (broad SMARTS) is 1. The van der Waals surface area contributed by atoms with Gasteiger partial charge in [0.2, 0.25) is 0 Å². The molecule has 0 aliphatic carbocycles. The van der Waals surface area contributed by atoms with Crippen LogP contribution in [0.4, 0.5) is 11.7 Å². The van der Waals surface area contributed by atoms with Gasteiger partial charge in [0, 0.05) is 36.9 Å². The number of anilines is 2. The van der Waals surface area contributed by atoms with Gasteiger partial charge in [-0.3, -0.25) is 0 Å². The predicted molar refractivity (Wildman–Crippen MR) is 79.3 cm³/mol. The molecule has 1 aromatic carbocycles. The number of hydrogen-bond acceptors (Lipinski definition) is 5. The molecular weight excluding hydrogens is 294 g/mol. The van der Waals surface area contributed by atoms with Gasteiger partial charge in [-0.15, -0.1) is 0 Å². The van der Waals surface area contributed by atoms with Crippen molar-refractivity contribution in [2.24, 2.45) is 0 Å². The van der Waals surface area contributed by atoms with Crippen molar-refractivity contribution < 1.29 is 14.3 Å². The minimum absolute atomic E-state index is 0.0673. The molecule has 6 nitrogen and oxygen atoms in total. The minimum Gasteiger partial charge on any atom is -0.476 e. The van der Waals surface area contributed by atoms with E-state index < -0.39 is 5.97 Å². The Balaban J connectivity index is 1.66. The SMILES string of the molecule is O=C(O)c1coc(N2CCN(c3cccc(Cl)c3)CC2)n1. The van der Waals surface area contributed by atoms with Crippen molar-refractivity contribution in [3.63, 3.8) is 0 Å². The average molecular weight is 308 g/mol. The summed E-state index contributed by atoms with van der Waals surface area (Å²) < 4.78 is 5.22. The number of aromatic nitrogens is 1. The van der Waals surface area contributed by atoms with Gasteiger partial charge in [-0.2, -0.15) is 4.98 Å². The molecule has 1 aromatic heterocycles. The lowest BCUT2D eigenvalue weighted by Crippen LogP contribution is -2.46. The topological polar surface area (TPSA) is 69.8 Å². The summed E-state index contributed by atoms with van der Waals surface area (Å²) in [4.78, 5) is 18.9. The second-order valence-corrected chi connectivity index (χ2v) is 5.21. The third-order valence-electron chi connectivity index (χ3n) is 3.43. The zero-order chi connectivity index (χ0) is 14.8. The Bertz CT molecular complexity index is 650. The van der Waals surface area contributed by atoms with E-state index in [-0.39, 0.29) is 5.69 Å². The maximum Gasteiger partial charge on any atom is 0.357 e. The third-order valence-corrected chi connectivity index (χ3v) is 3.67. The molecule has 0 radical (unpaired) electrons. The van der Waals surface area contributed by atoms with Gasteiger partial charge in [0.15, 0.2) is 5.69 Å². The van der Waals surface area contributed by atoms with E-state index in [1.165, 1.54) is 6.26 Å². The lowest BCUT2D eigenvalue weighted by molar-refractivity contribution is 0.0690. The van der Waals surface area contributed by atoms with Crippen LogP contribution in [0.1, 0.15) is 10.5 Å². The molecule has 1 aliphatic rings. The molecule has 1 saturated heterocycles. The van der Waals surface area contributed by atoms with E-state index in [2.05, 4.69) is 9.88 Å². The lowest BCUT2D eigenvalue weighted by Gasteiger charge is -2.35. The summed E-state index contributed by atoms with van der Waals surface area (Å²) in [6.07, 6.45) is 1.17. The fourth-order valence-electron chi connectivity index (χ4n) is 2.34. The van der Waals surface area contributed by atoms with Crippen LogP contribution in [0.2, 0.25) is 5.02 Å². The van der Waals surface area contributed by atoms with Crippen molar-refractivity contribution in [2.45, 2.75) is 0 Å². The molecule has 21 heavy (non-hydrogen) atoms. The number of hydrogen-bond donors (Lipinski definition) is 1. The summed E-state index contributed by atoms with van der Waals surface area (Å²) in [5.74, 6) is -1.08. The number of rotatable bonds is 3. The molecule has 7 heteroatoms. The first-order valence-corrected chi connectivity index (χ1v) is 6.95. The molecule has 1 aliphatic heterocycles. The van der Waals surface area contributed by atoms with Gasteiger partial charge >= 0.3 is 5.97 Å². The molecule has 2 heterocycles. The predicted octanol–water partition coefficient (Wildman–Crippen LogP) is 2.35. The van der Waals surface area contributed by atoms with Gasteiger partial charge in [0.1, 0.15) is 6.26 Å². The highest BCUT2D eigenvalue weighted by atomic mass is 35.5. The Morgan fingerprint density at radius 3 is 2.57 bits per heavy atom. The molecule has 2 aromatic rings. The third kappa shape index (κ3) is 2.95. The number of piperazine rings is 1. The van der Waals surface area contributed by atoms with Gasteiger partial charge < -0.3 is 19.3 Å². The van der Waals surface area contributed by atoms with E-state index in [4.69, 9.17) is 21.1 Å². The summed E-state index contributed by atoms with van der Waals surface area (Å²) in [5.41, 5.74) is 1.02. The highest BCUT2D eigenvalue weighted by Crippen LogP contribution is 2.22. The van der Waals surface area contributed by atoms with Gasteiger partial charge in [0.05, 0.1) is 0 Å². The van der Waals surface area contributed by atoms with Gasteiger partial charge in [-0.05, 0) is 18.2 Å². The van der Waals surface area contributed by atoms with Crippen LogP contribution in [-0.2, 0) is 0 Å². The number of aromatic carboxylic acids is 1. The molecule has 1 fully saturated rings. The van der Waals surface area contributed by atoms with E-state index in [9.17, 15) is 4.79 Å². The largest absolute Gasteiger partial charge is 0.476 e. The number of carbonyl (C=O) groups is 1. The minimum atomic E-state index is -1.08. The van der Waals surface area contributed by atoms with Crippen molar-refractivity contribution in [2.75, 3.05) is 36.0 Å². The van der Waals surface area contributed by atoms with Crippen LogP contribution >= 0.6 is 11.6 Å². The van der Waals surface area contributed by atoms with E-state index in [1.54, 1.807) is 0 Å². The molecule has 0 amide bonds. The Kier molecular flexibility index (Phi) is 3.70. The molecular formula is C14H14ClN3O3. The fraction of sp³-hybridized carbons (Fsp3) is 0.286. The molecule has 1 N–H and O–H groups in total. The van der Waals surface area contributed by atoms with Crippen molar-refractivity contribution in [3.05, 3.63) is 41.2 Å². The standard InChI is InChI=1S/C14H14ClN3O3/c15-10-2-1-3-11(8-10)17-4-6-18(7-5-17)14-16-12(9-21-14)13(19)20/h1-3,8-9H,4-7H2,(H,19,20). The summed E-state index contributed by atoms with van der Waals surface area (Å²) in [6.45, 7) is 3.02. The van der Waals surface area contributed by atoms with Crippen molar-refractivity contribution in [3.8, 4) is 0 Å². The van der Waals surface area contributed by atoms with Crippen molar-refractivity contribution in [1.29, 1.82) is 0 Å². The highest BCUT2D eigenvalue weighted by molar-refractivity contribution is 6.30. The molecule has 0 saturated carbocycles. The summed E-state index contributed by atoms with van der Waals surface area (Å²) in [6, 6.07) is 8.09. The van der Waals surface area contributed by atoms with E-state index >= 15 is 0 Å². The average Bonchev–Trinajstić information content (AvgIpc) is 2.97. The van der Waals surface area contributed by atoms with Crippen LogP contribution in [0.5, 0.6) is 0 Å². The van der Waals surface area contributed by atoms with E-state index in [0.717, 1.165) is 18.8 Å².